The van der Waals surface area contributed by atoms with Crippen molar-refractivity contribution in [2.24, 2.45) is 0 Å². The molecule has 27 heavy (non-hydrogen) atoms. The van der Waals surface area contributed by atoms with E-state index in [0.717, 1.165) is 10.0 Å². The maximum Gasteiger partial charge on any atom is 0.277 e. The van der Waals surface area contributed by atoms with Crippen LogP contribution in [0, 0.1) is 0 Å². The summed E-state index contributed by atoms with van der Waals surface area (Å²) in [6, 6.07) is 14.6. The minimum atomic E-state index is -0.191. The average Bonchev–Trinajstić information content (AvgIpc) is 3.10. The van der Waals surface area contributed by atoms with Gasteiger partial charge in [-0.05, 0) is 48.9 Å². The molecule has 6 nitrogen and oxygen atoms in total. The summed E-state index contributed by atoms with van der Waals surface area (Å²) in [6.45, 7) is 1.50. The Morgan fingerprint density at radius 2 is 1.78 bits per heavy atom. The van der Waals surface area contributed by atoms with E-state index >= 15 is 0 Å². The fourth-order valence-corrected chi connectivity index (χ4v) is 3.10. The minimum Gasteiger partial charge on any atom is -0.416 e. The van der Waals surface area contributed by atoms with Gasteiger partial charge in [-0.2, -0.15) is 0 Å². The van der Waals surface area contributed by atoms with Gasteiger partial charge in [-0.1, -0.05) is 39.8 Å². The number of Topliss-reactive ketones (excluding diaryl/α,β-unsaturated/α-hetero) is 1. The van der Waals surface area contributed by atoms with E-state index < -0.39 is 0 Å². The molecule has 0 aliphatic carbocycles. The number of nitrogens with one attached hydrogen (secondary N) is 1. The van der Waals surface area contributed by atoms with Crippen molar-refractivity contribution in [3.63, 3.8) is 0 Å². The van der Waals surface area contributed by atoms with Crippen LogP contribution < -0.4 is 5.32 Å². The van der Waals surface area contributed by atoms with Crippen LogP contribution in [0.1, 0.15) is 28.7 Å². The molecule has 8 heteroatoms. The molecule has 0 saturated carbocycles. The number of aromatic nitrogens is 2. The van der Waals surface area contributed by atoms with Gasteiger partial charge in [-0.3, -0.25) is 9.59 Å². The predicted molar refractivity (Wildman–Crippen MR) is 107 cm³/mol. The minimum absolute atomic E-state index is 0.0150. The molecule has 0 aliphatic heterocycles. The highest BCUT2D eigenvalue weighted by Crippen LogP contribution is 2.19. The van der Waals surface area contributed by atoms with Crippen LogP contribution in [0.3, 0.4) is 0 Å². The van der Waals surface area contributed by atoms with Crippen LogP contribution in [0.5, 0.6) is 0 Å². The molecule has 0 aliphatic rings. The third-order valence-electron chi connectivity index (χ3n) is 3.62. The van der Waals surface area contributed by atoms with Crippen LogP contribution in [0.25, 0.3) is 0 Å². The van der Waals surface area contributed by atoms with Crippen LogP contribution in [0.4, 0.5) is 5.69 Å². The standard InChI is InChI=1S/C19H16BrN3O3S/c1-12(24)14-4-8-16(9-5-14)21-17(25)11-27-19-23-22-18(26-19)10-13-2-6-15(20)7-3-13/h2-9H,10-11H2,1H3,(H,21,25). The maximum atomic E-state index is 12.0. The van der Waals surface area contributed by atoms with E-state index in [4.69, 9.17) is 4.42 Å². The molecule has 3 rings (SSSR count). The SMILES string of the molecule is CC(=O)c1ccc(NC(=O)CSc2nnc(Cc3ccc(Br)cc3)o2)cc1. The molecule has 0 atom stereocenters. The number of carbonyl (C=O) groups excluding carboxylic acids is 2. The maximum absolute atomic E-state index is 12.0. The number of ketones is 1. The lowest BCUT2D eigenvalue weighted by Gasteiger charge is -2.04. The molecule has 0 fully saturated rings. The number of thioether (sulfide) groups is 1. The van der Waals surface area contributed by atoms with Crippen molar-refractivity contribution in [3.05, 3.63) is 70.0 Å². The van der Waals surface area contributed by atoms with Crippen LogP contribution in [0.2, 0.25) is 0 Å². The molecule has 0 radical (unpaired) electrons. The smallest absolute Gasteiger partial charge is 0.277 e. The molecule has 0 saturated heterocycles. The van der Waals surface area contributed by atoms with Crippen LogP contribution in [-0.2, 0) is 11.2 Å². The summed E-state index contributed by atoms with van der Waals surface area (Å²) >= 11 is 4.57. The van der Waals surface area contributed by atoms with E-state index in [1.807, 2.05) is 24.3 Å². The molecule has 3 aromatic rings. The zero-order chi connectivity index (χ0) is 19.2. The Bertz CT molecular complexity index is 940. The summed E-state index contributed by atoms with van der Waals surface area (Å²) in [4.78, 5) is 23.3. The van der Waals surface area contributed by atoms with Crippen molar-refractivity contribution in [3.8, 4) is 0 Å². The van der Waals surface area contributed by atoms with Crippen molar-refractivity contribution in [1.82, 2.24) is 10.2 Å². The zero-order valence-corrected chi connectivity index (χ0v) is 16.8. The molecule has 1 N–H and O–H groups in total. The molecule has 2 aromatic carbocycles. The van der Waals surface area contributed by atoms with E-state index in [0.29, 0.717) is 28.8 Å². The lowest BCUT2D eigenvalue weighted by molar-refractivity contribution is -0.113. The first-order chi connectivity index (χ1) is 13.0. The number of carbonyl (C=O) groups is 2. The van der Waals surface area contributed by atoms with Gasteiger partial charge in [0.25, 0.3) is 5.22 Å². The second-order valence-corrected chi connectivity index (χ2v) is 7.58. The highest BCUT2D eigenvalue weighted by atomic mass is 79.9. The van der Waals surface area contributed by atoms with E-state index in [1.165, 1.54) is 18.7 Å². The topological polar surface area (TPSA) is 85.1 Å². The normalized spacial score (nSPS) is 10.6. The van der Waals surface area contributed by atoms with E-state index in [9.17, 15) is 9.59 Å². The second kappa shape index (κ2) is 8.96. The number of hydrogen-bond acceptors (Lipinski definition) is 6. The van der Waals surface area contributed by atoms with Crippen molar-refractivity contribution in [1.29, 1.82) is 0 Å². The Labute approximate surface area is 168 Å². The van der Waals surface area contributed by atoms with Gasteiger partial charge in [0, 0.05) is 15.7 Å². The third-order valence-corrected chi connectivity index (χ3v) is 4.97. The zero-order valence-electron chi connectivity index (χ0n) is 14.4. The number of hydrogen-bond donors (Lipinski definition) is 1. The van der Waals surface area contributed by atoms with E-state index in [-0.39, 0.29) is 17.4 Å². The summed E-state index contributed by atoms with van der Waals surface area (Å²) in [7, 11) is 0. The first-order valence-corrected chi connectivity index (χ1v) is 9.88. The summed E-state index contributed by atoms with van der Waals surface area (Å²) in [5, 5.41) is 11.1. The van der Waals surface area contributed by atoms with Crippen molar-refractivity contribution >= 4 is 45.1 Å². The molecular weight excluding hydrogens is 430 g/mol. The number of anilines is 1. The number of halogens is 1. The van der Waals surface area contributed by atoms with E-state index in [2.05, 4.69) is 31.4 Å². The van der Waals surface area contributed by atoms with Crippen LogP contribution in [-0.4, -0.2) is 27.6 Å². The van der Waals surface area contributed by atoms with Gasteiger partial charge in [0.2, 0.25) is 11.8 Å². The van der Waals surface area contributed by atoms with Gasteiger partial charge in [0.1, 0.15) is 0 Å². The molecule has 0 unspecified atom stereocenters. The predicted octanol–water partition coefficient (Wildman–Crippen LogP) is 4.36. The van der Waals surface area contributed by atoms with E-state index in [1.54, 1.807) is 24.3 Å². The Hall–Kier alpha value is -2.45. The molecule has 0 bridgehead atoms. The highest BCUT2D eigenvalue weighted by molar-refractivity contribution is 9.10. The molecule has 1 heterocycles. The lowest BCUT2D eigenvalue weighted by Crippen LogP contribution is -2.14. The van der Waals surface area contributed by atoms with Gasteiger partial charge in [-0.15, -0.1) is 10.2 Å². The molecule has 138 valence electrons. The summed E-state index contributed by atoms with van der Waals surface area (Å²) < 4.78 is 6.58. The molecule has 1 aromatic heterocycles. The highest BCUT2D eigenvalue weighted by Gasteiger charge is 2.11. The Morgan fingerprint density at radius 1 is 1.07 bits per heavy atom. The largest absolute Gasteiger partial charge is 0.416 e. The van der Waals surface area contributed by atoms with Gasteiger partial charge in [0.05, 0.1) is 12.2 Å². The molecular formula is C19H16BrN3O3S. The first kappa shape index (κ1) is 19.3. The number of rotatable bonds is 7. The fraction of sp³-hybridized carbons (Fsp3) is 0.158. The number of benzene rings is 2. The van der Waals surface area contributed by atoms with Crippen molar-refractivity contribution < 1.29 is 14.0 Å². The summed E-state index contributed by atoms with van der Waals surface area (Å²) in [5.41, 5.74) is 2.30. The quantitative estimate of drug-likeness (QED) is 0.429. The van der Waals surface area contributed by atoms with Gasteiger partial charge in [-0.25, -0.2) is 0 Å². The molecule has 1 amide bonds. The number of nitrogens with zero attached hydrogens (tertiary/aromatic N) is 2. The Morgan fingerprint density at radius 3 is 2.44 bits per heavy atom. The summed E-state index contributed by atoms with van der Waals surface area (Å²) in [6.07, 6.45) is 0.537. The summed E-state index contributed by atoms with van der Waals surface area (Å²) in [5.74, 6) is 0.441. The van der Waals surface area contributed by atoms with Crippen LogP contribution in [0.15, 0.2) is 62.6 Å². The number of amides is 1. The van der Waals surface area contributed by atoms with Crippen molar-refractivity contribution in [2.75, 3.05) is 11.1 Å². The Kier molecular flexibility index (Phi) is 6.41. The first-order valence-electron chi connectivity index (χ1n) is 8.10. The lowest BCUT2D eigenvalue weighted by atomic mass is 10.1. The fourth-order valence-electron chi connectivity index (χ4n) is 2.26. The van der Waals surface area contributed by atoms with Crippen LogP contribution >= 0.6 is 27.7 Å². The third kappa shape index (κ3) is 5.77. The van der Waals surface area contributed by atoms with Gasteiger partial charge >= 0.3 is 0 Å². The molecule has 0 spiro atoms. The second-order valence-electron chi connectivity index (χ2n) is 5.74. The monoisotopic (exact) mass is 445 g/mol. The average molecular weight is 446 g/mol. The Balaban J connectivity index is 1.49. The van der Waals surface area contributed by atoms with Gasteiger partial charge < -0.3 is 9.73 Å². The van der Waals surface area contributed by atoms with Crippen molar-refractivity contribution in [2.45, 2.75) is 18.6 Å². The van der Waals surface area contributed by atoms with Gasteiger partial charge in [0.15, 0.2) is 5.78 Å².